The number of sulfone groups is 1. The summed E-state index contributed by atoms with van der Waals surface area (Å²) in [5, 5.41) is 0. The van der Waals surface area contributed by atoms with Gasteiger partial charge in [0.1, 0.15) is 0 Å². The summed E-state index contributed by atoms with van der Waals surface area (Å²) in [6, 6.07) is 6.74. The molecular formula is C16H24ClNO2S. The maximum atomic E-state index is 11.6. The van der Waals surface area contributed by atoms with Crippen molar-refractivity contribution in [1.82, 2.24) is 0 Å². The van der Waals surface area contributed by atoms with Crippen LogP contribution in [0.4, 0.5) is 0 Å². The molecule has 3 rings (SSSR count). The third-order valence-corrected chi connectivity index (χ3v) is 6.79. The van der Waals surface area contributed by atoms with Gasteiger partial charge in [0.05, 0.1) is 37.7 Å². The Hall–Kier alpha value is -0.580. The maximum absolute atomic E-state index is 11.6. The highest BCUT2D eigenvalue weighted by Crippen LogP contribution is 2.35. The van der Waals surface area contributed by atoms with E-state index in [0.29, 0.717) is 17.4 Å². The van der Waals surface area contributed by atoms with E-state index >= 15 is 0 Å². The zero-order valence-corrected chi connectivity index (χ0v) is 14.4. The van der Waals surface area contributed by atoms with Crippen LogP contribution in [-0.2, 0) is 9.84 Å². The Bertz CT molecular complexity index is 613. The standard InChI is InChI=1S/C16H24NO2S.ClH/c1-13-3-4-16(14(2)11-13)15-5-6-17(12-15)7-9-20(18,19)10-8-17;/h3-4,11,15H,5-10,12H2,1-2H3;1H/q+1;/p-1. The molecule has 0 radical (unpaired) electrons. The van der Waals surface area contributed by atoms with Crippen molar-refractivity contribution in [3.63, 3.8) is 0 Å². The molecule has 0 aromatic heterocycles. The molecule has 1 aromatic carbocycles. The molecule has 2 aliphatic heterocycles. The molecule has 3 nitrogen and oxygen atoms in total. The van der Waals surface area contributed by atoms with Gasteiger partial charge in [-0.1, -0.05) is 23.8 Å². The number of nitrogens with zero attached hydrogens (tertiary/aromatic N) is 1. The summed E-state index contributed by atoms with van der Waals surface area (Å²) < 4.78 is 24.3. The van der Waals surface area contributed by atoms with Gasteiger partial charge < -0.3 is 16.9 Å². The Morgan fingerprint density at radius 3 is 2.38 bits per heavy atom. The first-order valence-corrected chi connectivity index (χ1v) is 9.34. The SMILES string of the molecule is Cc1ccc(C2CC[N+]3(CCS(=O)(=O)CC3)C2)c(C)c1.[Cl-]. The van der Waals surface area contributed by atoms with Crippen LogP contribution in [0.1, 0.15) is 29.0 Å². The van der Waals surface area contributed by atoms with Gasteiger partial charge in [0.25, 0.3) is 0 Å². The molecule has 1 atom stereocenters. The summed E-state index contributed by atoms with van der Waals surface area (Å²) in [6.45, 7) is 8.25. The molecule has 2 heterocycles. The van der Waals surface area contributed by atoms with E-state index in [1.165, 1.54) is 23.1 Å². The van der Waals surface area contributed by atoms with Gasteiger partial charge in [-0.25, -0.2) is 8.42 Å². The molecule has 21 heavy (non-hydrogen) atoms. The molecule has 0 aliphatic carbocycles. The molecule has 0 amide bonds. The predicted octanol–water partition coefficient (Wildman–Crippen LogP) is -0.960. The molecule has 0 bridgehead atoms. The highest BCUT2D eigenvalue weighted by atomic mass is 35.5. The Kier molecular flexibility index (Phi) is 4.72. The van der Waals surface area contributed by atoms with Gasteiger partial charge in [0, 0.05) is 12.3 Å². The fourth-order valence-electron chi connectivity index (χ4n) is 3.90. The third-order valence-electron chi connectivity index (χ3n) is 5.18. The van der Waals surface area contributed by atoms with E-state index in [4.69, 9.17) is 0 Å². The lowest BCUT2D eigenvalue weighted by Crippen LogP contribution is -3.00. The van der Waals surface area contributed by atoms with Crippen LogP contribution in [0, 0.1) is 13.8 Å². The molecule has 2 aliphatic rings. The topological polar surface area (TPSA) is 34.1 Å². The average Bonchev–Trinajstić information content (AvgIpc) is 2.78. The molecule has 5 heteroatoms. The second kappa shape index (κ2) is 5.90. The van der Waals surface area contributed by atoms with Crippen molar-refractivity contribution in [1.29, 1.82) is 0 Å². The molecule has 1 unspecified atom stereocenters. The van der Waals surface area contributed by atoms with E-state index in [1.807, 2.05) is 0 Å². The van der Waals surface area contributed by atoms with Gasteiger partial charge in [0.2, 0.25) is 0 Å². The van der Waals surface area contributed by atoms with E-state index in [0.717, 1.165) is 30.7 Å². The van der Waals surface area contributed by atoms with Gasteiger partial charge >= 0.3 is 0 Å². The minimum Gasteiger partial charge on any atom is -1.00 e. The summed E-state index contributed by atoms with van der Waals surface area (Å²) >= 11 is 0. The molecule has 1 spiro atoms. The van der Waals surface area contributed by atoms with Gasteiger partial charge in [-0.3, -0.25) is 0 Å². The van der Waals surface area contributed by atoms with Crippen molar-refractivity contribution in [3.05, 3.63) is 34.9 Å². The Balaban J connectivity index is 0.00000161. The second-order valence-electron chi connectivity index (χ2n) is 6.69. The Morgan fingerprint density at radius 2 is 1.76 bits per heavy atom. The summed E-state index contributed by atoms with van der Waals surface area (Å²) in [7, 11) is -2.76. The van der Waals surface area contributed by atoms with E-state index < -0.39 is 9.84 Å². The zero-order chi connectivity index (χ0) is 14.4. The van der Waals surface area contributed by atoms with E-state index in [-0.39, 0.29) is 12.4 Å². The van der Waals surface area contributed by atoms with E-state index in [2.05, 4.69) is 32.0 Å². The monoisotopic (exact) mass is 329 g/mol. The number of aryl methyl sites for hydroxylation is 2. The lowest BCUT2D eigenvalue weighted by Gasteiger charge is -2.37. The first-order chi connectivity index (χ1) is 9.39. The van der Waals surface area contributed by atoms with Crippen molar-refractivity contribution in [2.24, 2.45) is 0 Å². The van der Waals surface area contributed by atoms with Crippen LogP contribution in [0.5, 0.6) is 0 Å². The van der Waals surface area contributed by atoms with E-state index in [1.54, 1.807) is 0 Å². The van der Waals surface area contributed by atoms with Crippen molar-refractivity contribution in [3.8, 4) is 0 Å². The van der Waals surface area contributed by atoms with Crippen LogP contribution in [0.25, 0.3) is 0 Å². The normalized spacial score (nSPS) is 26.5. The van der Waals surface area contributed by atoms with Crippen LogP contribution >= 0.6 is 0 Å². The Labute approximate surface area is 134 Å². The summed E-state index contributed by atoms with van der Waals surface area (Å²) in [4.78, 5) is 0. The quantitative estimate of drug-likeness (QED) is 0.622. The third kappa shape index (κ3) is 3.43. The maximum Gasteiger partial charge on any atom is 0.161 e. The van der Waals surface area contributed by atoms with Gasteiger partial charge in [-0.15, -0.1) is 0 Å². The molecule has 2 saturated heterocycles. The smallest absolute Gasteiger partial charge is 0.161 e. The van der Waals surface area contributed by atoms with Crippen molar-refractivity contribution in [2.75, 3.05) is 37.7 Å². The molecule has 1 aromatic rings. The van der Waals surface area contributed by atoms with Crippen molar-refractivity contribution < 1.29 is 25.3 Å². The number of benzene rings is 1. The number of hydrogen-bond donors (Lipinski definition) is 0. The summed E-state index contributed by atoms with van der Waals surface area (Å²) in [5.41, 5.74) is 4.18. The van der Waals surface area contributed by atoms with Gasteiger partial charge in [-0.05, 0) is 25.0 Å². The van der Waals surface area contributed by atoms with Gasteiger partial charge in [-0.2, -0.15) is 0 Å². The summed E-state index contributed by atoms with van der Waals surface area (Å²) in [5.74, 6) is 1.37. The highest BCUT2D eigenvalue weighted by molar-refractivity contribution is 7.91. The zero-order valence-electron chi connectivity index (χ0n) is 12.8. The number of halogens is 1. The molecular weight excluding hydrogens is 306 g/mol. The number of rotatable bonds is 1. The molecule has 118 valence electrons. The largest absolute Gasteiger partial charge is 1.00 e. The van der Waals surface area contributed by atoms with Crippen LogP contribution in [0.2, 0.25) is 0 Å². The lowest BCUT2D eigenvalue weighted by molar-refractivity contribution is -0.914. The number of hydrogen-bond acceptors (Lipinski definition) is 2. The molecule has 2 fully saturated rings. The van der Waals surface area contributed by atoms with Crippen LogP contribution < -0.4 is 12.4 Å². The first-order valence-electron chi connectivity index (χ1n) is 7.52. The van der Waals surface area contributed by atoms with Crippen molar-refractivity contribution >= 4 is 9.84 Å². The fraction of sp³-hybridized carbons (Fsp3) is 0.625. The van der Waals surface area contributed by atoms with Crippen molar-refractivity contribution in [2.45, 2.75) is 26.2 Å². The molecule has 0 saturated carbocycles. The fourth-order valence-corrected chi connectivity index (χ4v) is 5.44. The van der Waals surface area contributed by atoms with Crippen LogP contribution in [0.3, 0.4) is 0 Å². The minimum absolute atomic E-state index is 0. The minimum atomic E-state index is -2.76. The van der Waals surface area contributed by atoms with Gasteiger partial charge in [0.15, 0.2) is 9.84 Å². The first kappa shape index (κ1) is 16.8. The number of quaternary nitrogens is 1. The van der Waals surface area contributed by atoms with E-state index in [9.17, 15) is 8.42 Å². The Morgan fingerprint density at radius 1 is 1.10 bits per heavy atom. The average molecular weight is 330 g/mol. The predicted molar refractivity (Wildman–Crippen MR) is 81.7 cm³/mol. The van der Waals surface area contributed by atoms with Crippen LogP contribution in [0.15, 0.2) is 18.2 Å². The highest BCUT2D eigenvalue weighted by Gasteiger charge is 2.43. The lowest BCUT2D eigenvalue weighted by atomic mass is 9.93. The molecule has 0 N–H and O–H groups in total. The summed E-state index contributed by atoms with van der Waals surface area (Å²) in [6.07, 6.45) is 1.20. The second-order valence-corrected chi connectivity index (χ2v) is 9.00. The van der Waals surface area contributed by atoms with Crippen LogP contribution in [-0.4, -0.2) is 50.6 Å².